The minimum atomic E-state index is -0.195. The summed E-state index contributed by atoms with van der Waals surface area (Å²) in [7, 11) is 0. The molecule has 2 heteroatoms. The van der Waals surface area contributed by atoms with Gasteiger partial charge in [0, 0.05) is 5.57 Å². The lowest BCUT2D eigenvalue weighted by molar-refractivity contribution is -0.115. The van der Waals surface area contributed by atoms with Gasteiger partial charge >= 0.3 is 0 Å². The molecule has 2 N–H and O–H groups in total. The molecule has 2 nitrogen and oxygen atoms in total. The monoisotopic (exact) mass is 151 g/mol. The summed E-state index contributed by atoms with van der Waals surface area (Å²) < 4.78 is 0. The van der Waals surface area contributed by atoms with Crippen molar-refractivity contribution in [2.24, 2.45) is 17.6 Å². The summed E-state index contributed by atoms with van der Waals surface area (Å²) in [5, 5.41) is 0. The molecular formula is C9H13NO. The van der Waals surface area contributed by atoms with E-state index in [1.165, 1.54) is 25.7 Å². The summed E-state index contributed by atoms with van der Waals surface area (Å²) in [5.41, 5.74) is 6.16. The Morgan fingerprint density at radius 1 is 1.36 bits per heavy atom. The number of carbonyl (C=O) groups is 1. The molecule has 0 radical (unpaired) electrons. The van der Waals surface area contributed by atoms with Crippen molar-refractivity contribution < 1.29 is 4.79 Å². The van der Waals surface area contributed by atoms with E-state index in [0.29, 0.717) is 11.8 Å². The first-order chi connectivity index (χ1) is 5.27. The molecule has 1 amide bonds. The molecule has 0 saturated heterocycles. The fraction of sp³-hybridized carbons (Fsp3) is 0.667. The van der Waals surface area contributed by atoms with E-state index in [0.717, 1.165) is 5.57 Å². The molecule has 0 heterocycles. The molecule has 0 unspecified atom stereocenters. The summed E-state index contributed by atoms with van der Waals surface area (Å²) in [4.78, 5) is 10.9. The third kappa shape index (κ3) is 1.06. The van der Waals surface area contributed by atoms with Gasteiger partial charge in [0.15, 0.2) is 0 Å². The Morgan fingerprint density at radius 2 is 2.00 bits per heavy atom. The lowest BCUT2D eigenvalue weighted by Gasteiger charge is -2.33. The quantitative estimate of drug-likeness (QED) is 0.601. The molecule has 60 valence electrons. The molecule has 0 aromatic carbocycles. The first-order valence-corrected chi connectivity index (χ1v) is 4.29. The minimum absolute atomic E-state index is 0.195. The number of primary amides is 1. The third-order valence-corrected chi connectivity index (χ3v) is 2.91. The molecule has 2 bridgehead atoms. The zero-order chi connectivity index (χ0) is 7.84. The first kappa shape index (κ1) is 6.89. The average Bonchev–Trinajstić information content (AvgIpc) is 2.06. The van der Waals surface area contributed by atoms with E-state index in [1.54, 1.807) is 0 Å². The number of rotatable bonds is 1. The Hall–Kier alpha value is -0.790. The molecule has 0 aromatic rings. The summed E-state index contributed by atoms with van der Waals surface area (Å²) in [6.07, 6.45) is 6.99. The maximum Gasteiger partial charge on any atom is 0.244 e. The Labute approximate surface area is 66.5 Å². The van der Waals surface area contributed by atoms with E-state index in [2.05, 4.69) is 6.08 Å². The molecule has 0 atom stereocenters. The molecule has 3 aliphatic carbocycles. The van der Waals surface area contributed by atoms with E-state index in [1.807, 2.05) is 0 Å². The predicted molar refractivity (Wildman–Crippen MR) is 42.7 cm³/mol. The number of amides is 1. The van der Waals surface area contributed by atoms with Gasteiger partial charge in [-0.25, -0.2) is 0 Å². The van der Waals surface area contributed by atoms with Crippen LogP contribution in [0.15, 0.2) is 11.6 Å². The Kier molecular flexibility index (Phi) is 1.48. The van der Waals surface area contributed by atoms with Crippen LogP contribution in [0, 0.1) is 11.8 Å². The lowest BCUT2D eigenvalue weighted by Crippen LogP contribution is -2.29. The van der Waals surface area contributed by atoms with Gasteiger partial charge in [0.05, 0.1) is 0 Å². The van der Waals surface area contributed by atoms with Crippen LogP contribution in [-0.2, 0) is 4.79 Å². The molecule has 1 fully saturated rings. The van der Waals surface area contributed by atoms with E-state index >= 15 is 0 Å². The van der Waals surface area contributed by atoms with Crippen molar-refractivity contribution in [3.05, 3.63) is 11.6 Å². The molecule has 1 saturated carbocycles. The predicted octanol–water partition coefficient (Wildman–Crippen LogP) is 1.22. The number of hydrogen-bond acceptors (Lipinski definition) is 1. The van der Waals surface area contributed by atoms with Gasteiger partial charge in [0.25, 0.3) is 0 Å². The third-order valence-electron chi connectivity index (χ3n) is 2.91. The molecule has 0 aliphatic heterocycles. The van der Waals surface area contributed by atoms with Gasteiger partial charge in [0.2, 0.25) is 5.91 Å². The van der Waals surface area contributed by atoms with E-state index in [4.69, 9.17) is 5.73 Å². The molecular weight excluding hydrogens is 138 g/mol. The van der Waals surface area contributed by atoms with Crippen LogP contribution in [0.2, 0.25) is 0 Å². The van der Waals surface area contributed by atoms with Crippen molar-refractivity contribution in [2.45, 2.75) is 25.7 Å². The Balaban J connectivity index is 2.27. The number of carbonyl (C=O) groups excluding carboxylic acids is 1. The van der Waals surface area contributed by atoms with Gasteiger partial charge in [-0.2, -0.15) is 0 Å². The number of nitrogens with two attached hydrogens (primary N) is 1. The van der Waals surface area contributed by atoms with E-state index in [-0.39, 0.29) is 5.91 Å². The fourth-order valence-corrected chi connectivity index (χ4v) is 2.27. The summed E-state index contributed by atoms with van der Waals surface area (Å²) >= 11 is 0. The number of hydrogen-bond donors (Lipinski definition) is 1. The molecule has 0 aromatic heterocycles. The number of allylic oxidation sites excluding steroid dienone is 1. The smallest absolute Gasteiger partial charge is 0.244 e. The van der Waals surface area contributed by atoms with Gasteiger partial charge in [-0.1, -0.05) is 6.08 Å². The summed E-state index contributed by atoms with van der Waals surface area (Å²) in [6.45, 7) is 0. The highest BCUT2D eigenvalue weighted by molar-refractivity contribution is 5.92. The standard InChI is InChI=1S/C9H13NO/c10-9(11)8-5-6-1-3-7(8)4-2-6/h5-7H,1-4H2,(H2,10,11). The molecule has 0 spiro atoms. The molecule has 3 aliphatic rings. The van der Waals surface area contributed by atoms with Crippen molar-refractivity contribution in [3.63, 3.8) is 0 Å². The first-order valence-electron chi connectivity index (χ1n) is 4.29. The van der Waals surface area contributed by atoms with Crippen LogP contribution in [0.1, 0.15) is 25.7 Å². The van der Waals surface area contributed by atoms with Crippen LogP contribution in [0.5, 0.6) is 0 Å². The van der Waals surface area contributed by atoms with Gasteiger partial charge in [-0.05, 0) is 37.5 Å². The van der Waals surface area contributed by atoms with E-state index < -0.39 is 0 Å². The second-order valence-corrected chi connectivity index (χ2v) is 3.60. The highest BCUT2D eigenvalue weighted by Gasteiger charge is 2.30. The van der Waals surface area contributed by atoms with Gasteiger partial charge in [-0.3, -0.25) is 4.79 Å². The van der Waals surface area contributed by atoms with E-state index in [9.17, 15) is 4.79 Å². The summed E-state index contributed by atoms with van der Waals surface area (Å²) in [6, 6.07) is 0. The zero-order valence-corrected chi connectivity index (χ0v) is 6.55. The van der Waals surface area contributed by atoms with Crippen molar-refractivity contribution in [1.29, 1.82) is 0 Å². The molecule has 3 rings (SSSR count). The maximum atomic E-state index is 10.9. The van der Waals surface area contributed by atoms with Crippen LogP contribution in [0.25, 0.3) is 0 Å². The maximum absolute atomic E-state index is 10.9. The Bertz CT molecular complexity index is 212. The van der Waals surface area contributed by atoms with Crippen LogP contribution in [0.3, 0.4) is 0 Å². The highest BCUT2D eigenvalue weighted by atomic mass is 16.1. The normalized spacial score (nSPS) is 35.1. The van der Waals surface area contributed by atoms with Gasteiger partial charge in [0.1, 0.15) is 0 Å². The van der Waals surface area contributed by atoms with Crippen molar-refractivity contribution in [3.8, 4) is 0 Å². The van der Waals surface area contributed by atoms with Gasteiger partial charge < -0.3 is 5.73 Å². The molecule has 11 heavy (non-hydrogen) atoms. The second-order valence-electron chi connectivity index (χ2n) is 3.60. The van der Waals surface area contributed by atoms with Crippen molar-refractivity contribution >= 4 is 5.91 Å². The van der Waals surface area contributed by atoms with Crippen molar-refractivity contribution in [2.75, 3.05) is 0 Å². The SMILES string of the molecule is NC(=O)C1=CC2CCC1CC2. The average molecular weight is 151 g/mol. The van der Waals surface area contributed by atoms with Crippen LogP contribution in [-0.4, -0.2) is 5.91 Å². The summed E-state index contributed by atoms with van der Waals surface area (Å²) in [5.74, 6) is 0.958. The van der Waals surface area contributed by atoms with Crippen LogP contribution >= 0.6 is 0 Å². The highest BCUT2D eigenvalue weighted by Crippen LogP contribution is 2.40. The fourth-order valence-electron chi connectivity index (χ4n) is 2.27. The second kappa shape index (κ2) is 2.36. The Morgan fingerprint density at radius 3 is 2.27 bits per heavy atom. The minimum Gasteiger partial charge on any atom is -0.366 e. The van der Waals surface area contributed by atoms with Crippen molar-refractivity contribution in [1.82, 2.24) is 0 Å². The number of fused-ring (bicyclic) bond motifs is 2. The van der Waals surface area contributed by atoms with Gasteiger partial charge in [-0.15, -0.1) is 0 Å². The van der Waals surface area contributed by atoms with Crippen LogP contribution in [0.4, 0.5) is 0 Å². The van der Waals surface area contributed by atoms with Crippen LogP contribution < -0.4 is 5.73 Å². The largest absolute Gasteiger partial charge is 0.366 e. The topological polar surface area (TPSA) is 43.1 Å². The lowest BCUT2D eigenvalue weighted by atomic mass is 9.71. The zero-order valence-electron chi connectivity index (χ0n) is 6.55.